The number of ether oxygens (including phenoxy) is 1. The highest BCUT2D eigenvalue weighted by Gasteiger charge is 2.28. The molecule has 0 radical (unpaired) electrons. The van der Waals surface area contributed by atoms with Crippen molar-refractivity contribution in [2.24, 2.45) is 0 Å². The summed E-state index contributed by atoms with van der Waals surface area (Å²) >= 11 is 1.28. The Labute approximate surface area is 206 Å². The number of carboxylic acid groups (broad SMARTS) is 1. The molecule has 0 aromatic heterocycles. The number of rotatable bonds is 9. The Bertz CT molecular complexity index is 1220. The van der Waals surface area contributed by atoms with Crippen molar-refractivity contribution < 1.29 is 29.3 Å². The van der Waals surface area contributed by atoms with Crippen LogP contribution in [0.2, 0.25) is 0 Å². The number of amides is 2. The normalized spacial score (nSPS) is 11.9. The van der Waals surface area contributed by atoms with Crippen LogP contribution in [0.5, 0.6) is 5.75 Å². The number of phenols is 1. The van der Waals surface area contributed by atoms with Crippen LogP contribution in [0, 0.1) is 0 Å². The zero-order valence-corrected chi connectivity index (χ0v) is 19.5. The lowest BCUT2D eigenvalue weighted by molar-refractivity contribution is -0.113. The van der Waals surface area contributed by atoms with E-state index in [1.165, 1.54) is 30.0 Å². The van der Waals surface area contributed by atoms with Crippen LogP contribution in [0.1, 0.15) is 27.4 Å². The summed E-state index contributed by atoms with van der Waals surface area (Å²) in [5, 5.41) is 24.0. The van der Waals surface area contributed by atoms with Crippen LogP contribution in [0.25, 0.3) is 11.1 Å². The monoisotopic (exact) mass is 492 g/mol. The van der Waals surface area contributed by atoms with Crippen LogP contribution in [-0.2, 0) is 9.53 Å². The number of fused-ring (bicyclic) bond motifs is 3. The van der Waals surface area contributed by atoms with Gasteiger partial charge >= 0.3 is 12.1 Å². The van der Waals surface area contributed by atoms with Gasteiger partial charge in [-0.05, 0) is 40.5 Å². The summed E-state index contributed by atoms with van der Waals surface area (Å²) in [4.78, 5) is 35.3. The summed E-state index contributed by atoms with van der Waals surface area (Å²) in [6.45, 7) is 0.544. The highest BCUT2D eigenvalue weighted by Crippen LogP contribution is 2.44. The number of aromatic hydroxyl groups is 1. The van der Waals surface area contributed by atoms with Crippen molar-refractivity contribution in [1.29, 1.82) is 0 Å². The SMILES string of the molecule is O=C(CSCCNC(=O)OCC1c2ccccc2-c2ccccc21)Nc1cc(C(=O)O)ccc1O. The van der Waals surface area contributed by atoms with E-state index >= 15 is 0 Å². The number of hydrogen-bond acceptors (Lipinski definition) is 6. The van der Waals surface area contributed by atoms with Gasteiger partial charge in [0.05, 0.1) is 17.0 Å². The van der Waals surface area contributed by atoms with Crippen LogP contribution >= 0.6 is 11.8 Å². The molecule has 0 fully saturated rings. The predicted octanol–water partition coefficient (Wildman–Crippen LogP) is 4.30. The number of carbonyl (C=O) groups is 3. The Morgan fingerprint density at radius 2 is 1.60 bits per heavy atom. The third kappa shape index (κ3) is 5.75. The molecule has 0 saturated heterocycles. The first-order valence-electron chi connectivity index (χ1n) is 11.0. The number of phenolic OH excluding ortho intramolecular Hbond substituents is 1. The summed E-state index contributed by atoms with van der Waals surface area (Å²) in [5.41, 5.74) is 4.60. The van der Waals surface area contributed by atoms with E-state index in [0.717, 1.165) is 22.3 Å². The average Bonchev–Trinajstić information content (AvgIpc) is 3.17. The molecular formula is C26H24N2O6S. The Kier molecular flexibility index (Phi) is 7.57. The first-order chi connectivity index (χ1) is 16.9. The molecule has 2 amide bonds. The van der Waals surface area contributed by atoms with Gasteiger partial charge in [0.25, 0.3) is 0 Å². The lowest BCUT2D eigenvalue weighted by Gasteiger charge is -2.14. The molecule has 9 heteroatoms. The van der Waals surface area contributed by atoms with Crippen LogP contribution in [0.3, 0.4) is 0 Å². The van der Waals surface area contributed by atoms with E-state index in [1.807, 2.05) is 24.3 Å². The van der Waals surface area contributed by atoms with Crippen molar-refractivity contribution in [3.8, 4) is 16.9 Å². The van der Waals surface area contributed by atoms with E-state index in [0.29, 0.717) is 12.3 Å². The molecule has 0 atom stereocenters. The van der Waals surface area contributed by atoms with Gasteiger partial charge in [0.15, 0.2) is 0 Å². The van der Waals surface area contributed by atoms with Crippen molar-refractivity contribution in [2.45, 2.75) is 5.92 Å². The number of benzene rings is 3. The lowest BCUT2D eigenvalue weighted by atomic mass is 9.98. The molecule has 1 aliphatic rings. The van der Waals surface area contributed by atoms with Crippen molar-refractivity contribution in [3.63, 3.8) is 0 Å². The highest BCUT2D eigenvalue weighted by molar-refractivity contribution is 7.99. The number of anilines is 1. The number of carboxylic acids is 1. The number of carbonyl (C=O) groups excluding carboxylic acids is 2. The number of thioether (sulfide) groups is 1. The Morgan fingerprint density at radius 1 is 0.943 bits per heavy atom. The minimum atomic E-state index is -1.16. The van der Waals surface area contributed by atoms with Gasteiger partial charge in [-0.15, -0.1) is 0 Å². The summed E-state index contributed by atoms with van der Waals surface area (Å²) in [6.07, 6.45) is -0.521. The third-order valence-electron chi connectivity index (χ3n) is 5.61. The van der Waals surface area contributed by atoms with E-state index in [9.17, 15) is 19.5 Å². The van der Waals surface area contributed by atoms with Gasteiger partial charge in [-0.3, -0.25) is 4.79 Å². The maximum absolute atomic E-state index is 12.2. The number of alkyl carbamates (subject to hydrolysis) is 1. The lowest BCUT2D eigenvalue weighted by Crippen LogP contribution is -2.28. The molecule has 180 valence electrons. The van der Waals surface area contributed by atoms with E-state index in [4.69, 9.17) is 9.84 Å². The standard InChI is InChI=1S/C26H24N2O6S/c29-23-10-9-16(25(31)32)13-22(23)28-24(30)15-35-12-11-27-26(33)34-14-21-19-7-3-1-5-17(19)18-6-2-4-8-20(18)21/h1-10,13,21,29H,11-12,14-15H2,(H,27,33)(H,28,30)(H,31,32). The largest absolute Gasteiger partial charge is 0.506 e. The van der Waals surface area contributed by atoms with Crippen molar-refractivity contribution in [3.05, 3.63) is 83.4 Å². The van der Waals surface area contributed by atoms with Crippen molar-refractivity contribution >= 4 is 35.4 Å². The van der Waals surface area contributed by atoms with Gasteiger partial charge in [0.1, 0.15) is 12.4 Å². The zero-order valence-electron chi connectivity index (χ0n) is 18.7. The zero-order chi connectivity index (χ0) is 24.8. The maximum atomic E-state index is 12.2. The van der Waals surface area contributed by atoms with Gasteiger partial charge < -0.3 is 25.6 Å². The summed E-state index contributed by atoms with van der Waals surface area (Å²) in [7, 11) is 0. The van der Waals surface area contributed by atoms with Gasteiger partial charge in [-0.25, -0.2) is 9.59 Å². The van der Waals surface area contributed by atoms with Crippen molar-refractivity contribution in [1.82, 2.24) is 5.32 Å². The molecule has 3 aromatic carbocycles. The molecule has 0 spiro atoms. The fraction of sp³-hybridized carbons (Fsp3) is 0.192. The minimum absolute atomic E-state index is 0.0118. The van der Waals surface area contributed by atoms with Gasteiger partial charge in [-0.2, -0.15) is 11.8 Å². The van der Waals surface area contributed by atoms with Crippen LogP contribution in [0.15, 0.2) is 66.7 Å². The second-order valence-corrected chi connectivity index (χ2v) is 9.00. The predicted molar refractivity (Wildman–Crippen MR) is 134 cm³/mol. The fourth-order valence-corrected chi connectivity index (χ4v) is 4.64. The second kappa shape index (κ2) is 11.0. The minimum Gasteiger partial charge on any atom is -0.506 e. The molecule has 0 heterocycles. The maximum Gasteiger partial charge on any atom is 0.407 e. The molecule has 4 rings (SSSR count). The Morgan fingerprint density at radius 3 is 2.26 bits per heavy atom. The van der Waals surface area contributed by atoms with E-state index < -0.39 is 18.0 Å². The number of aromatic carboxylic acids is 1. The van der Waals surface area contributed by atoms with Crippen LogP contribution in [-0.4, -0.2) is 52.8 Å². The molecule has 0 aliphatic heterocycles. The van der Waals surface area contributed by atoms with Gasteiger partial charge in [0, 0.05) is 18.2 Å². The summed E-state index contributed by atoms with van der Waals surface area (Å²) in [6, 6.07) is 19.9. The quantitative estimate of drug-likeness (QED) is 0.259. The summed E-state index contributed by atoms with van der Waals surface area (Å²) < 4.78 is 5.48. The van der Waals surface area contributed by atoms with Crippen LogP contribution < -0.4 is 10.6 Å². The smallest absolute Gasteiger partial charge is 0.407 e. The molecule has 0 bridgehead atoms. The molecule has 1 aliphatic carbocycles. The highest BCUT2D eigenvalue weighted by atomic mass is 32.2. The van der Waals surface area contributed by atoms with Crippen LogP contribution in [0.4, 0.5) is 10.5 Å². The van der Waals surface area contributed by atoms with E-state index in [-0.39, 0.29) is 35.3 Å². The Hall–Kier alpha value is -3.98. The number of hydrogen-bond donors (Lipinski definition) is 4. The molecule has 8 nitrogen and oxygen atoms in total. The Balaban J connectivity index is 1.18. The first-order valence-corrected chi connectivity index (χ1v) is 12.1. The van der Waals surface area contributed by atoms with Crippen molar-refractivity contribution in [2.75, 3.05) is 30.0 Å². The molecule has 3 aromatic rings. The molecular weight excluding hydrogens is 468 g/mol. The molecule has 0 unspecified atom stereocenters. The third-order valence-corrected chi connectivity index (χ3v) is 6.57. The summed E-state index contributed by atoms with van der Waals surface area (Å²) in [5.74, 6) is -1.24. The number of nitrogens with one attached hydrogen (secondary N) is 2. The average molecular weight is 493 g/mol. The molecule has 0 saturated carbocycles. The van der Waals surface area contributed by atoms with Gasteiger partial charge in [0.2, 0.25) is 5.91 Å². The molecule has 35 heavy (non-hydrogen) atoms. The van der Waals surface area contributed by atoms with E-state index in [2.05, 4.69) is 34.9 Å². The topological polar surface area (TPSA) is 125 Å². The second-order valence-electron chi connectivity index (χ2n) is 7.89. The van der Waals surface area contributed by atoms with E-state index in [1.54, 1.807) is 0 Å². The first kappa shape index (κ1) is 24.2. The fourth-order valence-electron chi connectivity index (χ4n) is 4.00. The van der Waals surface area contributed by atoms with Gasteiger partial charge in [-0.1, -0.05) is 48.5 Å². The molecule has 4 N–H and O–H groups in total.